The molecule has 2 heterocycles. The monoisotopic (exact) mass is 1280 g/mol. The Balaban J connectivity index is 1.60. The summed E-state index contributed by atoms with van der Waals surface area (Å²) in [6.45, 7) is 2.69. The molecule has 12 unspecified atom stereocenters. The highest BCUT2D eigenvalue weighted by Gasteiger charge is 2.51. The van der Waals surface area contributed by atoms with Crippen molar-refractivity contribution in [2.75, 3.05) is 19.8 Å². The zero-order chi connectivity index (χ0) is 65.9. The number of allylic oxidation sites excluding steroid dienone is 19. The predicted octanol–water partition coefficient (Wildman–Crippen LogP) is 15.3. The minimum absolute atomic E-state index is 0.243. The minimum Gasteiger partial charge on any atom is -0.394 e. The predicted molar refractivity (Wildman–Crippen MR) is 373 cm³/mol. The van der Waals surface area contributed by atoms with E-state index in [9.17, 15) is 45.6 Å². The summed E-state index contributed by atoms with van der Waals surface area (Å²) in [6, 6.07) is -0.922. The van der Waals surface area contributed by atoms with E-state index in [1.165, 1.54) is 135 Å². The van der Waals surface area contributed by atoms with Crippen LogP contribution < -0.4 is 5.32 Å². The second kappa shape index (κ2) is 60.1. The molecular weight excluding hydrogens is 1150 g/mol. The lowest BCUT2D eigenvalue weighted by Crippen LogP contribution is -2.65. The van der Waals surface area contributed by atoms with Crippen molar-refractivity contribution >= 4 is 5.91 Å². The fourth-order valence-electron chi connectivity index (χ4n) is 11.2. The van der Waals surface area contributed by atoms with Gasteiger partial charge in [-0.1, -0.05) is 289 Å². The van der Waals surface area contributed by atoms with Gasteiger partial charge in [0.05, 0.1) is 32.0 Å². The number of amides is 1. The average Bonchev–Trinajstić information content (AvgIpc) is 1.24. The van der Waals surface area contributed by atoms with Crippen molar-refractivity contribution in [1.29, 1.82) is 0 Å². The SMILES string of the molecule is CC/C=C\C/C=C\C/C=C\C/C=C\C/C=C\C/C=C\C/C=C\C/C=C\C/C=C\CCCCCCCCCCCCCCCC(=O)NC(COC1OC(CO)C(OC2OC(CO)C(O)C(O)C2O)C(O)C1O)C(O)/C=C/CCCCCCCCCCCCCCCC. The summed E-state index contributed by atoms with van der Waals surface area (Å²) in [5, 5.41) is 87.4. The average molecular weight is 1280 g/mol. The fraction of sp³-hybridized carbons (Fsp3) is 0.727. The van der Waals surface area contributed by atoms with Gasteiger partial charge in [0.2, 0.25) is 5.91 Å². The topological polar surface area (TPSA) is 228 Å². The maximum Gasteiger partial charge on any atom is 0.220 e. The van der Waals surface area contributed by atoms with Crippen LogP contribution in [-0.4, -0.2) is 140 Å². The quantitative estimate of drug-likeness (QED) is 0.0204. The summed E-state index contributed by atoms with van der Waals surface area (Å²) in [5.74, 6) is -0.243. The maximum absolute atomic E-state index is 13.3. The first kappa shape index (κ1) is 83.5. The summed E-state index contributed by atoms with van der Waals surface area (Å²) in [7, 11) is 0. The van der Waals surface area contributed by atoms with Gasteiger partial charge >= 0.3 is 0 Å². The third-order valence-electron chi connectivity index (χ3n) is 16.9. The lowest BCUT2D eigenvalue weighted by Gasteiger charge is -2.46. The van der Waals surface area contributed by atoms with Gasteiger partial charge in [-0.25, -0.2) is 0 Å². The number of aliphatic hydroxyl groups is 8. The van der Waals surface area contributed by atoms with Crippen molar-refractivity contribution in [2.24, 2.45) is 0 Å². The molecule has 0 radical (unpaired) electrons. The number of aliphatic hydroxyl groups excluding tert-OH is 8. The zero-order valence-corrected chi connectivity index (χ0v) is 56.8. The van der Waals surface area contributed by atoms with Crippen molar-refractivity contribution < 1.29 is 64.6 Å². The van der Waals surface area contributed by atoms with Crippen molar-refractivity contribution in [1.82, 2.24) is 5.32 Å². The standard InChI is InChI=1S/C77H131NO13/c1-3-5-7-9-11-13-15-17-19-21-22-23-24-25-26-27-28-29-30-31-32-33-34-35-36-37-38-39-40-41-42-43-44-45-47-49-51-53-55-57-59-61-69(82)78-65(66(81)60-58-56-54-52-50-48-46-20-18-16-14-12-10-8-6-4-2)64-88-76-74(87)72(85)75(68(63-80)90-76)91-77-73(86)71(84)70(83)67(62-79)89-77/h5,7,11,13,17,19,22-23,25-26,28-29,31-32,34-35,37-38,58,60,65-68,70-77,79-81,83-87H,3-4,6,8-10,12,14-16,18,20-21,24,27,30,33,36,39-57,59,61-64H2,1-2H3,(H,78,82)/b7-5-,13-11-,19-17-,23-22-,26-25-,29-28-,32-31-,35-34-,38-37-,60-58+. The van der Waals surface area contributed by atoms with E-state index in [1.807, 2.05) is 6.08 Å². The Kier molecular flexibility index (Phi) is 55.1. The highest BCUT2D eigenvalue weighted by Crippen LogP contribution is 2.30. The van der Waals surface area contributed by atoms with Gasteiger partial charge in [-0.3, -0.25) is 4.79 Å². The Morgan fingerprint density at radius 2 is 0.758 bits per heavy atom. The molecule has 0 bridgehead atoms. The smallest absolute Gasteiger partial charge is 0.220 e. The van der Waals surface area contributed by atoms with E-state index in [0.29, 0.717) is 6.42 Å². The fourth-order valence-corrected chi connectivity index (χ4v) is 11.2. The third kappa shape index (κ3) is 43.9. The van der Waals surface area contributed by atoms with Crippen LogP contribution in [0.2, 0.25) is 0 Å². The molecule has 0 aromatic heterocycles. The summed E-state index contributed by atoms with van der Waals surface area (Å²) in [6.07, 6.45) is 71.1. The molecule has 2 rings (SSSR count). The van der Waals surface area contributed by atoms with E-state index >= 15 is 0 Å². The van der Waals surface area contributed by atoms with Gasteiger partial charge in [0.1, 0.15) is 48.8 Å². The first-order valence-electron chi connectivity index (χ1n) is 36.3. The van der Waals surface area contributed by atoms with Gasteiger partial charge in [0, 0.05) is 6.42 Å². The van der Waals surface area contributed by atoms with E-state index in [0.717, 1.165) is 103 Å². The number of unbranched alkanes of at least 4 members (excludes halogenated alkanes) is 27. The molecule has 2 aliphatic heterocycles. The van der Waals surface area contributed by atoms with Crippen LogP contribution in [0.15, 0.2) is 122 Å². The van der Waals surface area contributed by atoms with Crippen LogP contribution in [0.25, 0.3) is 0 Å². The van der Waals surface area contributed by atoms with Gasteiger partial charge in [-0.15, -0.1) is 0 Å². The molecule has 0 aliphatic carbocycles. The van der Waals surface area contributed by atoms with Crippen LogP contribution in [-0.2, 0) is 23.7 Å². The van der Waals surface area contributed by atoms with Crippen LogP contribution in [0.5, 0.6) is 0 Å². The van der Waals surface area contributed by atoms with E-state index < -0.39 is 86.8 Å². The van der Waals surface area contributed by atoms with E-state index in [4.69, 9.17) is 18.9 Å². The lowest BCUT2D eigenvalue weighted by atomic mass is 9.97. The molecule has 14 heteroatoms. The summed E-state index contributed by atoms with van der Waals surface area (Å²) >= 11 is 0. The summed E-state index contributed by atoms with van der Waals surface area (Å²) in [5.41, 5.74) is 0. The Hall–Kier alpha value is -3.61. The van der Waals surface area contributed by atoms with E-state index in [1.54, 1.807) is 6.08 Å². The maximum atomic E-state index is 13.3. The molecule has 1 amide bonds. The zero-order valence-electron chi connectivity index (χ0n) is 56.8. The second-order valence-electron chi connectivity index (χ2n) is 25.0. The molecule has 2 aliphatic rings. The van der Waals surface area contributed by atoms with Gasteiger partial charge in [-0.2, -0.15) is 0 Å². The molecule has 2 fully saturated rings. The van der Waals surface area contributed by atoms with Crippen LogP contribution in [0.4, 0.5) is 0 Å². The van der Waals surface area contributed by atoms with E-state index in [2.05, 4.69) is 129 Å². The van der Waals surface area contributed by atoms with Gasteiger partial charge in [-0.05, 0) is 89.9 Å². The van der Waals surface area contributed by atoms with Crippen molar-refractivity contribution in [3.8, 4) is 0 Å². The van der Waals surface area contributed by atoms with Crippen LogP contribution in [0, 0.1) is 0 Å². The number of carbonyl (C=O) groups is 1. The van der Waals surface area contributed by atoms with E-state index in [-0.39, 0.29) is 18.9 Å². The Labute approximate surface area is 552 Å². The molecular formula is C77H131NO13. The van der Waals surface area contributed by atoms with Crippen LogP contribution in [0.1, 0.15) is 264 Å². The number of hydrogen-bond acceptors (Lipinski definition) is 13. The molecule has 91 heavy (non-hydrogen) atoms. The minimum atomic E-state index is -1.79. The number of nitrogens with one attached hydrogen (secondary N) is 1. The molecule has 522 valence electrons. The first-order valence-corrected chi connectivity index (χ1v) is 36.3. The number of rotatable bonds is 58. The van der Waals surface area contributed by atoms with Crippen molar-refractivity contribution in [3.05, 3.63) is 122 Å². The first-order chi connectivity index (χ1) is 44.6. The highest BCUT2D eigenvalue weighted by atomic mass is 16.7. The summed E-state index contributed by atoms with van der Waals surface area (Å²) < 4.78 is 22.8. The Morgan fingerprint density at radius 1 is 0.407 bits per heavy atom. The molecule has 0 saturated carbocycles. The Morgan fingerprint density at radius 3 is 1.16 bits per heavy atom. The molecule has 0 aromatic carbocycles. The molecule has 0 aromatic rings. The normalized spacial score (nSPS) is 23.5. The molecule has 14 nitrogen and oxygen atoms in total. The number of carbonyl (C=O) groups excluding carboxylic acids is 1. The highest BCUT2D eigenvalue weighted by molar-refractivity contribution is 5.76. The van der Waals surface area contributed by atoms with Gasteiger partial charge < -0.3 is 65.1 Å². The second-order valence-corrected chi connectivity index (χ2v) is 25.0. The van der Waals surface area contributed by atoms with Crippen molar-refractivity contribution in [3.63, 3.8) is 0 Å². The summed E-state index contributed by atoms with van der Waals surface area (Å²) in [4.78, 5) is 13.3. The lowest BCUT2D eigenvalue weighted by molar-refractivity contribution is -0.359. The molecule has 12 atom stereocenters. The van der Waals surface area contributed by atoms with Crippen LogP contribution in [0.3, 0.4) is 0 Å². The largest absolute Gasteiger partial charge is 0.394 e. The number of ether oxygens (including phenoxy) is 4. The third-order valence-corrected chi connectivity index (χ3v) is 16.9. The molecule has 9 N–H and O–H groups in total. The Bertz CT molecular complexity index is 1990. The molecule has 0 spiro atoms. The van der Waals surface area contributed by atoms with Crippen molar-refractivity contribution in [2.45, 2.75) is 338 Å². The molecule has 2 saturated heterocycles. The number of hydrogen-bond donors (Lipinski definition) is 9. The van der Waals surface area contributed by atoms with Crippen LogP contribution >= 0.6 is 0 Å². The van der Waals surface area contributed by atoms with Gasteiger partial charge in [0.15, 0.2) is 12.6 Å². The van der Waals surface area contributed by atoms with Gasteiger partial charge in [0.25, 0.3) is 0 Å².